The van der Waals surface area contributed by atoms with Crippen molar-refractivity contribution in [3.8, 4) is 11.4 Å². The normalized spacial score (nSPS) is 21.8. The minimum atomic E-state index is -0.0695. The van der Waals surface area contributed by atoms with Crippen molar-refractivity contribution in [2.75, 3.05) is 19.7 Å². The van der Waals surface area contributed by atoms with E-state index >= 15 is 0 Å². The van der Waals surface area contributed by atoms with Crippen molar-refractivity contribution in [2.24, 2.45) is 0 Å². The van der Waals surface area contributed by atoms with Crippen molar-refractivity contribution in [3.05, 3.63) is 76.8 Å². The molecule has 1 fully saturated rings. The highest BCUT2D eigenvalue weighted by Gasteiger charge is 2.44. The smallest absolute Gasteiger partial charge is 0.160 e. The maximum absolute atomic E-state index is 6.02. The van der Waals surface area contributed by atoms with Crippen molar-refractivity contribution in [3.63, 3.8) is 0 Å². The van der Waals surface area contributed by atoms with Crippen molar-refractivity contribution < 1.29 is 4.74 Å². The molecule has 5 rings (SSSR count). The molecule has 0 amide bonds. The molecular weight excluding hydrogens is 372 g/mol. The molecule has 6 heteroatoms. The quantitative estimate of drug-likeness (QED) is 0.677. The van der Waals surface area contributed by atoms with Crippen LogP contribution in [0.15, 0.2) is 55.0 Å². The van der Waals surface area contributed by atoms with E-state index in [2.05, 4.69) is 27.0 Å². The van der Waals surface area contributed by atoms with Gasteiger partial charge in [0, 0.05) is 47.8 Å². The van der Waals surface area contributed by atoms with E-state index in [1.54, 1.807) is 6.20 Å². The Labute approximate surface area is 169 Å². The molecule has 1 atom stereocenters. The third-order valence-corrected chi connectivity index (χ3v) is 5.93. The standard InChI is InChI=1S/C22H21ClN4O/c23-19-5-3-16(4-6-19)12-27-9-7-22(14-27)15-28-13-18-11-25-21(26-20(18)22)17-2-1-8-24-10-17/h1-6,8,10-11H,7,9,12-15H2/t22-/m1/s1. The minimum absolute atomic E-state index is 0.0695. The van der Waals surface area contributed by atoms with Crippen LogP contribution in [0.2, 0.25) is 5.02 Å². The lowest BCUT2D eigenvalue weighted by Crippen LogP contribution is -2.40. The molecule has 0 aliphatic carbocycles. The molecule has 0 radical (unpaired) electrons. The summed E-state index contributed by atoms with van der Waals surface area (Å²) in [4.78, 5) is 16.2. The first-order valence-corrected chi connectivity index (χ1v) is 9.91. The summed E-state index contributed by atoms with van der Waals surface area (Å²) in [5, 5.41) is 0.774. The van der Waals surface area contributed by atoms with Crippen LogP contribution in [0.3, 0.4) is 0 Å². The third kappa shape index (κ3) is 3.30. The summed E-state index contributed by atoms with van der Waals surface area (Å²) >= 11 is 6.02. The van der Waals surface area contributed by atoms with Gasteiger partial charge < -0.3 is 4.74 Å². The predicted octanol–water partition coefficient (Wildman–Crippen LogP) is 3.87. The molecule has 1 aromatic carbocycles. The predicted molar refractivity (Wildman–Crippen MR) is 108 cm³/mol. The fourth-order valence-electron chi connectivity index (χ4n) is 4.28. The van der Waals surface area contributed by atoms with Crippen LogP contribution < -0.4 is 0 Å². The van der Waals surface area contributed by atoms with Gasteiger partial charge in [0.15, 0.2) is 5.82 Å². The summed E-state index contributed by atoms with van der Waals surface area (Å²) in [7, 11) is 0. The molecule has 0 unspecified atom stereocenters. The Morgan fingerprint density at radius 1 is 1.14 bits per heavy atom. The highest BCUT2D eigenvalue weighted by atomic mass is 35.5. The first-order chi connectivity index (χ1) is 13.7. The van der Waals surface area contributed by atoms with E-state index in [4.69, 9.17) is 21.3 Å². The Morgan fingerprint density at radius 2 is 2.04 bits per heavy atom. The van der Waals surface area contributed by atoms with Gasteiger partial charge >= 0.3 is 0 Å². The van der Waals surface area contributed by atoms with Crippen LogP contribution in [-0.2, 0) is 23.3 Å². The van der Waals surface area contributed by atoms with Gasteiger partial charge in [-0.2, -0.15) is 0 Å². The molecule has 2 aliphatic rings. The molecule has 28 heavy (non-hydrogen) atoms. The molecule has 4 heterocycles. The number of likely N-dealkylation sites (tertiary alicyclic amines) is 1. The molecule has 142 valence electrons. The van der Waals surface area contributed by atoms with Gasteiger partial charge in [-0.3, -0.25) is 9.88 Å². The van der Waals surface area contributed by atoms with Crippen LogP contribution in [0, 0.1) is 0 Å². The van der Waals surface area contributed by atoms with Gasteiger partial charge in [0.25, 0.3) is 0 Å². The van der Waals surface area contributed by atoms with E-state index in [0.29, 0.717) is 13.2 Å². The van der Waals surface area contributed by atoms with E-state index in [1.807, 2.05) is 36.7 Å². The number of nitrogens with zero attached hydrogens (tertiary/aromatic N) is 4. The molecule has 0 N–H and O–H groups in total. The second-order valence-electron chi connectivity index (χ2n) is 7.67. The van der Waals surface area contributed by atoms with Gasteiger partial charge in [0.2, 0.25) is 0 Å². The van der Waals surface area contributed by atoms with Crippen molar-refractivity contribution in [1.82, 2.24) is 19.9 Å². The lowest BCUT2D eigenvalue weighted by atomic mass is 9.80. The van der Waals surface area contributed by atoms with E-state index in [9.17, 15) is 0 Å². The Balaban J connectivity index is 1.43. The Bertz CT molecular complexity index is 980. The number of hydrogen-bond donors (Lipinski definition) is 0. The number of ether oxygens (including phenoxy) is 1. The second kappa shape index (κ2) is 7.24. The Kier molecular flexibility index (Phi) is 4.59. The van der Waals surface area contributed by atoms with Crippen molar-refractivity contribution in [2.45, 2.75) is 25.0 Å². The van der Waals surface area contributed by atoms with Gasteiger partial charge in [-0.15, -0.1) is 0 Å². The number of rotatable bonds is 3. The van der Waals surface area contributed by atoms with Crippen LogP contribution in [0.25, 0.3) is 11.4 Å². The van der Waals surface area contributed by atoms with E-state index < -0.39 is 0 Å². The number of halogens is 1. The molecule has 2 aromatic heterocycles. The minimum Gasteiger partial charge on any atom is -0.376 e. The zero-order valence-corrected chi connectivity index (χ0v) is 16.3. The summed E-state index contributed by atoms with van der Waals surface area (Å²) in [5.74, 6) is 0.740. The first kappa shape index (κ1) is 17.7. The highest BCUT2D eigenvalue weighted by Crippen LogP contribution is 2.40. The molecule has 3 aromatic rings. The summed E-state index contributed by atoms with van der Waals surface area (Å²) in [6.45, 7) is 4.17. The fourth-order valence-corrected chi connectivity index (χ4v) is 4.41. The molecule has 0 saturated carbocycles. The molecule has 2 aliphatic heterocycles. The number of aromatic nitrogens is 3. The summed E-state index contributed by atoms with van der Waals surface area (Å²) in [6.07, 6.45) is 6.54. The van der Waals surface area contributed by atoms with Gasteiger partial charge in [-0.05, 0) is 42.8 Å². The van der Waals surface area contributed by atoms with Crippen LogP contribution in [0.4, 0.5) is 0 Å². The van der Waals surface area contributed by atoms with Gasteiger partial charge in [0.1, 0.15) is 0 Å². The largest absolute Gasteiger partial charge is 0.376 e. The zero-order valence-electron chi connectivity index (χ0n) is 15.5. The zero-order chi connectivity index (χ0) is 19.0. The topological polar surface area (TPSA) is 51.1 Å². The van der Waals surface area contributed by atoms with Crippen LogP contribution in [-0.4, -0.2) is 39.5 Å². The average Bonchev–Trinajstić information content (AvgIpc) is 3.13. The van der Waals surface area contributed by atoms with Crippen LogP contribution in [0.5, 0.6) is 0 Å². The molecule has 0 bridgehead atoms. The maximum Gasteiger partial charge on any atom is 0.160 e. The first-order valence-electron chi connectivity index (χ1n) is 9.53. The molecular formula is C22H21ClN4O. The van der Waals surface area contributed by atoms with Crippen molar-refractivity contribution in [1.29, 1.82) is 0 Å². The fraction of sp³-hybridized carbons (Fsp3) is 0.318. The molecule has 5 nitrogen and oxygen atoms in total. The van der Waals surface area contributed by atoms with Crippen LogP contribution >= 0.6 is 11.6 Å². The average molecular weight is 393 g/mol. The number of hydrogen-bond acceptors (Lipinski definition) is 5. The van der Waals surface area contributed by atoms with E-state index in [-0.39, 0.29) is 5.41 Å². The lowest BCUT2D eigenvalue weighted by Gasteiger charge is -2.34. The molecule has 1 spiro atoms. The van der Waals surface area contributed by atoms with E-state index in [0.717, 1.165) is 53.7 Å². The number of pyridine rings is 1. The van der Waals surface area contributed by atoms with Gasteiger partial charge in [-0.1, -0.05) is 23.7 Å². The summed E-state index contributed by atoms with van der Waals surface area (Å²) in [6, 6.07) is 12.0. The highest BCUT2D eigenvalue weighted by molar-refractivity contribution is 6.30. The Morgan fingerprint density at radius 3 is 2.86 bits per heavy atom. The second-order valence-corrected chi connectivity index (χ2v) is 8.11. The monoisotopic (exact) mass is 392 g/mol. The lowest BCUT2D eigenvalue weighted by molar-refractivity contribution is 0.0503. The third-order valence-electron chi connectivity index (χ3n) is 5.67. The number of benzene rings is 1. The summed E-state index contributed by atoms with van der Waals surface area (Å²) < 4.78 is 5.96. The van der Waals surface area contributed by atoms with E-state index in [1.165, 1.54) is 5.56 Å². The van der Waals surface area contributed by atoms with Crippen molar-refractivity contribution >= 4 is 11.6 Å². The SMILES string of the molecule is Clc1ccc(CN2CC[C@]3(COCc4cnc(-c5cccnc5)nc43)C2)cc1. The van der Waals surface area contributed by atoms with Gasteiger partial charge in [0.05, 0.1) is 24.3 Å². The van der Waals surface area contributed by atoms with Gasteiger partial charge in [-0.25, -0.2) is 9.97 Å². The summed E-state index contributed by atoms with van der Waals surface area (Å²) in [5.41, 5.74) is 4.40. The molecule has 1 saturated heterocycles. The Hall–Kier alpha value is -2.34. The number of fused-ring (bicyclic) bond motifs is 2. The maximum atomic E-state index is 6.02. The van der Waals surface area contributed by atoms with Crippen LogP contribution in [0.1, 0.15) is 23.2 Å².